The van der Waals surface area contributed by atoms with E-state index in [0.29, 0.717) is 24.1 Å². The molecule has 1 saturated carbocycles. The van der Waals surface area contributed by atoms with Crippen LogP contribution in [0.1, 0.15) is 37.7 Å². The normalized spacial score (nSPS) is 31.1. The van der Waals surface area contributed by atoms with Crippen LogP contribution in [0.5, 0.6) is 0 Å². The maximum Gasteiger partial charge on any atom is 0.146 e. The molecule has 1 heterocycles. The first kappa shape index (κ1) is 14.3. The minimum atomic E-state index is -0.299. The molecule has 1 aliphatic heterocycles. The Balaban J connectivity index is 1.74. The molecule has 2 nitrogen and oxygen atoms in total. The van der Waals surface area contributed by atoms with Crippen molar-refractivity contribution in [1.82, 2.24) is 4.90 Å². The Kier molecular flexibility index (Phi) is 4.29. The topological polar surface area (TPSA) is 23.5 Å². The lowest BCUT2D eigenvalue weighted by Gasteiger charge is -2.31. The zero-order chi connectivity index (χ0) is 14.1. The lowest BCUT2D eigenvalue weighted by atomic mass is 9.94. The molecule has 0 bridgehead atoms. The molecule has 20 heavy (non-hydrogen) atoms. The van der Waals surface area contributed by atoms with Crippen molar-refractivity contribution in [3.05, 3.63) is 34.6 Å². The van der Waals surface area contributed by atoms with Crippen LogP contribution < -0.4 is 0 Å². The molecule has 3 atom stereocenters. The van der Waals surface area contributed by atoms with Crippen LogP contribution in [-0.2, 0) is 6.54 Å². The molecule has 0 spiro atoms. The molecule has 3 unspecified atom stereocenters. The van der Waals surface area contributed by atoms with Crippen LogP contribution in [0.25, 0.3) is 0 Å². The highest BCUT2D eigenvalue weighted by Crippen LogP contribution is 2.36. The summed E-state index contributed by atoms with van der Waals surface area (Å²) in [6, 6.07) is 5.59. The monoisotopic (exact) mass is 297 g/mol. The van der Waals surface area contributed by atoms with E-state index in [0.717, 1.165) is 38.6 Å². The van der Waals surface area contributed by atoms with Gasteiger partial charge < -0.3 is 5.11 Å². The van der Waals surface area contributed by atoms with Crippen LogP contribution >= 0.6 is 11.6 Å². The van der Waals surface area contributed by atoms with Crippen LogP contribution in [0, 0.1) is 11.7 Å². The van der Waals surface area contributed by atoms with Crippen LogP contribution in [0.4, 0.5) is 4.39 Å². The molecular formula is C16H21ClFNO. The molecule has 2 aliphatic rings. The van der Waals surface area contributed by atoms with E-state index in [-0.39, 0.29) is 16.9 Å². The van der Waals surface area contributed by atoms with Gasteiger partial charge in [0.05, 0.1) is 11.1 Å². The third-order valence-corrected chi connectivity index (χ3v) is 5.14. The second-order valence-electron chi connectivity index (χ2n) is 6.06. The summed E-state index contributed by atoms with van der Waals surface area (Å²) in [6.45, 7) is 1.58. The molecule has 1 aromatic carbocycles. The Morgan fingerprint density at radius 2 is 2.10 bits per heavy atom. The fraction of sp³-hybridized carbons (Fsp3) is 0.625. The summed E-state index contributed by atoms with van der Waals surface area (Å²) >= 11 is 5.85. The van der Waals surface area contributed by atoms with E-state index in [1.807, 2.05) is 6.07 Å². The molecule has 0 amide bonds. The number of hydrogen-bond acceptors (Lipinski definition) is 2. The molecule has 2 fully saturated rings. The zero-order valence-electron chi connectivity index (χ0n) is 11.6. The Hall–Kier alpha value is -0.640. The number of rotatable bonds is 3. The molecule has 1 saturated heterocycles. The molecular weight excluding hydrogens is 277 g/mol. The number of hydrogen-bond donors (Lipinski definition) is 1. The standard InChI is InChI=1S/C16H21ClFNO/c17-13-6-1-4-11(16(13)18)10-19-9-3-7-14(19)12-5-2-8-15(12)20/h1,4,6,12,14-15,20H,2-3,5,7-10H2. The van der Waals surface area contributed by atoms with Crippen molar-refractivity contribution in [2.75, 3.05) is 6.54 Å². The SMILES string of the molecule is OC1CCCC1C1CCCN1Cc1cccc(Cl)c1F. The van der Waals surface area contributed by atoms with Crippen molar-refractivity contribution in [2.45, 2.75) is 50.8 Å². The second-order valence-corrected chi connectivity index (χ2v) is 6.46. The lowest BCUT2D eigenvalue weighted by Crippen LogP contribution is -2.38. The molecule has 110 valence electrons. The molecule has 1 aromatic rings. The molecule has 0 aromatic heterocycles. The Morgan fingerprint density at radius 1 is 1.25 bits per heavy atom. The highest BCUT2D eigenvalue weighted by atomic mass is 35.5. The number of aliphatic hydroxyl groups excluding tert-OH is 1. The molecule has 0 radical (unpaired) electrons. The number of likely N-dealkylation sites (tertiary alicyclic amines) is 1. The van der Waals surface area contributed by atoms with Crippen molar-refractivity contribution in [3.8, 4) is 0 Å². The van der Waals surface area contributed by atoms with Gasteiger partial charge in [0.15, 0.2) is 0 Å². The van der Waals surface area contributed by atoms with Crippen molar-refractivity contribution in [2.24, 2.45) is 5.92 Å². The summed E-state index contributed by atoms with van der Waals surface area (Å²) in [7, 11) is 0. The fourth-order valence-electron chi connectivity index (χ4n) is 3.84. The molecule has 3 rings (SSSR count). The quantitative estimate of drug-likeness (QED) is 0.921. The zero-order valence-corrected chi connectivity index (χ0v) is 12.3. The van der Waals surface area contributed by atoms with Gasteiger partial charge in [-0.15, -0.1) is 0 Å². The van der Waals surface area contributed by atoms with Crippen molar-refractivity contribution in [1.29, 1.82) is 0 Å². The van der Waals surface area contributed by atoms with Crippen molar-refractivity contribution >= 4 is 11.6 Å². The van der Waals surface area contributed by atoms with Crippen LogP contribution in [0.15, 0.2) is 18.2 Å². The van der Waals surface area contributed by atoms with Crippen molar-refractivity contribution in [3.63, 3.8) is 0 Å². The van der Waals surface area contributed by atoms with E-state index in [1.54, 1.807) is 12.1 Å². The highest BCUT2D eigenvalue weighted by molar-refractivity contribution is 6.30. The van der Waals surface area contributed by atoms with Gasteiger partial charge in [-0.3, -0.25) is 4.90 Å². The minimum absolute atomic E-state index is 0.176. The van der Waals surface area contributed by atoms with E-state index < -0.39 is 0 Å². The summed E-state index contributed by atoms with van der Waals surface area (Å²) in [6.07, 6.45) is 5.20. The maximum atomic E-state index is 14.0. The summed E-state index contributed by atoms with van der Waals surface area (Å²) in [5.41, 5.74) is 0.664. The Morgan fingerprint density at radius 3 is 2.85 bits per heavy atom. The van der Waals surface area contributed by atoms with Gasteiger partial charge in [0, 0.05) is 24.1 Å². The van der Waals surface area contributed by atoms with Crippen LogP contribution in [-0.4, -0.2) is 28.7 Å². The summed E-state index contributed by atoms with van der Waals surface area (Å²) in [5, 5.41) is 10.3. The van der Waals surface area contributed by atoms with Gasteiger partial charge in [-0.1, -0.05) is 30.2 Å². The first-order valence-electron chi connectivity index (χ1n) is 7.52. The van der Waals surface area contributed by atoms with E-state index >= 15 is 0 Å². The van der Waals surface area contributed by atoms with E-state index in [4.69, 9.17) is 11.6 Å². The summed E-state index contributed by atoms with van der Waals surface area (Å²) in [4.78, 5) is 2.33. The average molecular weight is 298 g/mol. The summed E-state index contributed by atoms with van der Waals surface area (Å²) in [5.74, 6) is 0.0616. The summed E-state index contributed by atoms with van der Waals surface area (Å²) < 4.78 is 14.0. The van der Waals surface area contributed by atoms with Gasteiger partial charge in [0.25, 0.3) is 0 Å². The Labute approximate surface area is 124 Å². The van der Waals surface area contributed by atoms with Gasteiger partial charge in [0.1, 0.15) is 5.82 Å². The highest BCUT2D eigenvalue weighted by Gasteiger charge is 2.38. The van der Waals surface area contributed by atoms with Gasteiger partial charge in [-0.2, -0.15) is 0 Å². The van der Waals surface area contributed by atoms with Gasteiger partial charge >= 0.3 is 0 Å². The van der Waals surface area contributed by atoms with E-state index in [2.05, 4.69) is 4.90 Å². The largest absolute Gasteiger partial charge is 0.393 e. The second kappa shape index (κ2) is 6.00. The number of halogens is 2. The lowest BCUT2D eigenvalue weighted by molar-refractivity contribution is 0.0715. The minimum Gasteiger partial charge on any atom is -0.393 e. The van der Waals surface area contributed by atoms with Gasteiger partial charge in [0.2, 0.25) is 0 Å². The average Bonchev–Trinajstić information content (AvgIpc) is 3.03. The van der Waals surface area contributed by atoms with Crippen molar-refractivity contribution < 1.29 is 9.50 Å². The molecule has 1 N–H and O–H groups in total. The van der Waals surface area contributed by atoms with Crippen LogP contribution in [0.2, 0.25) is 5.02 Å². The van der Waals surface area contributed by atoms with E-state index in [9.17, 15) is 9.50 Å². The van der Waals surface area contributed by atoms with Gasteiger partial charge in [-0.05, 0) is 38.3 Å². The third-order valence-electron chi connectivity index (χ3n) is 4.85. The van der Waals surface area contributed by atoms with Gasteiger partial charge in [-0.25, -0.2) is 4.39 Å². The number of benzene rings is 1. The maximum absolute atomic E-state index is 14.0. The number of aliphatic hydroxyl groups is 1. The first-order valence-corrected chi connectivity index (χ1v) is 7.89. The predicted octanol–water partition coefficient (Wildman–Crippen LogP) is 3.60. The third kappa shape index (κ3) is 2.72. The molecule has 1 aliphatic carbocycles. The van der Waals surface area contributed by atoms with Crippen LogP contribution in [0.3, 0.4) is 0 Å². The Bertz CT molecular complexity index is 482. The number of nitrogens with zero attached hydrogens (tertiary/aromatic N) is 1. The van der Waals surface area contributed by atoms with E-state index in [1.165, 1.54) is 0 Å². The predicted molar refractivity (Wildman–Crippen MR) is 78.2 cm³/mol. The first-order chi connectivity index (χ1) is 9.66. The molecule has 4 heteroatoms. The smallest absolute Gasteiger partial charge is 0.146 e. The fourth-order valence-corrected chi connectivity index (χ4v) is 4.03.